The molecular weight excluding hydrogens is 324 g/mol. The highest BCUT2D eigenvalue weighted by molar-refractivity contribution is 6.32. The summed E-state index contributed by atoms with van der Waals surface area (Å²) < 4.78 is 0. The van der Waals surface area contributed by atoms with Crippen LogP contribution in [0.5, 0.6) is 0 Å². The largest absolute Gasteiger partial charge is 0.329 e. The highest BCUT2D eigenvalue weighted by Gasteiger charge is 2.17. The Bertz CT molecular complexity index is 935. The van der Waals surface area contributed by atoms with Crippen LogP contribution in [0.1, 0.15) is 11.1 Å². The average Bonchev–Trinajstić information content (AvgIpc) is 2.57. The van der Waals surface area contributed by atoms with Gasteiger partial charge in [0, 0.05) is 23.0 Å². The number of ketones is 1. The van der Waals surface area contributed by atoms with Crippen LogP contribution in [-0.2, 0) is 17.6 Å². The van der Waals surface area contributed by atoms with Crippen molar-refractivity contribution in [1.82, 2.24) is 4.98 Å². The molecule has 0 saturated heterocycles. The monoisotopic (exact) mass is 340 g/mol. The number of benzene rings is 2. The molecule has 0 bridgehead atoms. The summed E-state index contributed by atoms with van der Waals surface area (Å²) in [4.78, 5) is 26.8. The van der Waals surface area contributed by atoms with Crippen LogP contribution in [0.4, 0.5) is 0 Å². The lowest BCUT2D eigenvalue weighted by Gasteiger charge is -2.12. The van der Waals surface area contributed by atoms with Crippen LogP contribution < -0.4 is 11.3 Å². The molecule has 0 aliphatic carbocycles. The summed E-state index contributed by atoms with van der Waals surface area (Å²) in [6.45, 7) is 0. The van der Waals surface area contributed by atoms with Gasteiger partial charge in [-0.25, -0.2) is 0 Å². The number of carbonyl (C=O) groups is 1. The molecule has 5 heteroatoms. The molecule has 0 amide bonds. The van der Waals surface area contributed by atoms with E-state index >= 15 is 0 Å². The normalized spacial score (nSPS) is 12.2. The Morgan fingerprint density at radius 1 is 1.17 bits per heavy atom. The molecule has 0 spiro atoms. The van der Waals surface area contributed by atoms with Crippen molar-refractivity contribution in [3.05, 3.63) is 81.2 Å². The van der Waals surface area contributed by atoms with Crippen molar-refractivity contribution < 1.29 is 4.79 Å². The van der Waals surface area contributed by atoms with Gasteiger partial charge in [0.15, 0.2) is 5.78 Å². The maximum Gasteiger partial charge on any atom is 0.255 e. The van der Waals surface area contributed by atoms with E-state index in [2.05, 4.69) is 4.98 Å². The number of aromatic nitrogens is 1. The molecule has 0 radical (unpaired) electrons. The summed E-state index contributed by atoms with van der Waals surface area (Å²) in [7, 11) is 0. The quantitative estimate of drug-likeness (QED) is 0.749. The van der Waals surface area contributed by atoms with Gasteiger partial charge in [-0.15, -0.1) is 0 Å². The topological polar surface area (TPSA) is 76.0 Å². The molecule has 3 aromatic rings. The Labute approximate surface area is 144 Å². The molecule has 0 fully saturated rings. The van der Waals surface area contributed by atoms with E-state index < -0.39 is 6.04 Å². The van der Waals surface area contributed by atoms with E-state index in [1.54, 1.807) is 24.4 Å². The van der Waals surface area contributed by atoms with Crippen LogP contribution in [0.25, 0.3) is 10.8 Å². The average molecular weight is 341 g/mol. The fourth-order valence-corrected chi connectivity index (χ4v) is 2.92. The van der Waals surface area contributed by atoms with Gasteiger partial charge < -0.3 is 10.7 Å². The minimum atomic E-state index is -0.585. The minimum absolute atomic E-state index is 0.0788. The van der Waals surface area contributed by atoms with Crippen LogP contribution >= 0.6 is 11.6 Å². The number of halogens is 1. The molecule has 1 aromatic heterocycles. The maximum atomic E-state index is 12.4. The zero-order valence-electron chi connectivity index (χ0n) is 13.0. The molecule has 2 aromatic carbocycles. The predicted octanol–water partition coefficient (Wildman–Crippen LogP) is 2.86. The molecule has 122 valence electrons. The van der Waals surface area contributed by atoms with Crippen LogP contribution in [0.2, 0.25) is 5.02 Å². The van der Waals surface area contributed by atoms with Crippen molar-refractivity contribution in [3.8, 4) is 0 Å². The second-order valence-electron chi connectivity index (χ2n) is 5.78. The number of hydrogen-bond acceptors (Lipinski definition) is 3. The second kappa shape index (κ2) is 6.99. The number of Topliss-reactive ketones (excluding diaryl/α,β-unsaturated/α-hetero) is 1. The van der Waals surface area contributed by atoms with Crippen LogP contribution in [0.3, 0.4) is 0 Å². The lowest BCUT2D eigenvalue weighted by atomic mass is 9.97. The van der Waals surface area contributed by atoms with Gasteiger partial charge in [0.2, 0.25) is 0 Å². The number of H-pyrrole nitrogens is 1. The summed E-state index contributed by atoms with van der Waals surface area (Å²) in [5, 5.41) is 1.66. The fraction of sp³-hybridized carbons (Fsp3) is 0.158. The van der Waals surface area contributed by atoms with Crippen molar-refractivity contribution in [2.24, 2.45) is 5.73 Å². The van der Waals surface area contributed by atoms with Gasteiger partial charge in [0.05, 0.1) is 6.04 Å². The Kier molecular flexibility index (Phi) is 4.79. The third-order valence-electron chi connectivity index (χ3n) is 4.02. The number of carbonyl (C=O) groups excluding carboxylic acids is 1. The van der Waals surface area contributed by atoms with Crippen molar-refractivity contribution in [3.63, 3.8) is 0 Å². The van der Waals surface area contributed by atoms with Gasteiger partial charge in [-0.3, -0.25) is 9.59 Å². The third-order valence-corrected chi connectivity index (χ3v) is 4.37. The smallest absolute Gasteiger partial charge is 0.255 e. The molecular formula is C19H17ClN2O2. The van der Waals surface area contributed by atoms with Crippen molar-refractivity contribution in [2.75, 3.05) is 0 Å². The van der Waals surface area contributed by atoms with Crippen LogP contribution in [0.15, 0.2) is 59.5 Å². The van der Waals surface area contributed by atoms with Gasteiger partial charge in [-0.2, -0.15) is 0 Å². The van der Waals surface area contributed by atoms with Crippen molar-refractivity contribution >= 4 is 28.2 Å². The summed E-state index contributed by atoms with van der Waals surface area (Å²) in [5.41, 5.74) is 7.54. The molecule has 0 unspecified atom stereocenters. The first-order valence-corrected chi connectivity index (χ1v) is 8.04. The van der Waals surface area contributed by atoms with E-state index in [4.69, 9.17) is 17.3 Å². The number of nitrogens with one attached hydrogen (secondary N) is 1. The lowest BCUT2D eigenvalue weighted by Crippen LogP contribution is -2.34. The summed E-state index contributed by atoms with van der Waals surface area (Å²) >= 11 is 6.24. The molecule has 1 atom stereocenters. The van der Waals surface area contributed by atoms with Gasteiger partial charge >= 0.3 is 0 Å². The minimum Gasteiger partial charge on any atom is -0.329 e. The SMILES string of the molecule is N[C@H](Cc1ccccc1)C(=O)Cc1cc2cc[nH]c(=O)c2cc1Cl. The first kappa shape index (κ1) is 16.4. The zero-order chi connectivity index (χ0) is 17.1. The summed E-state index contributed by atoms with van der Waals surface area (Å²) in [6, 6.07) is 14.2. The van der Waals surface area contributed by atoms with Gasteiger partial charge in [0.25, 0.3) is 5.56 Å². The molecule has 4 nitrogen and oxygen atoms in total. The lowest BCUT2D eigenvalue weighted by molar-refractivity contribution is -0.119. The molecule has 0 saturated carbocycles. The van der Waals surface area contributed by atoms with Gasteiger partial charge in [-0.1, -0.05) is 41.9 Å². The van der Waals surface area contributed by atoms with Crippen molar-refractivity contribution in [1.29, 1.82) is 0 Å². The van der Waals surface area contributed by atoms with Crippen molar-refractivity contribution in [2.45, 2.75) is 18.9 Å². The van der Waals surface area contributed by atoms with E-state index in [9.17, 15) is 9.59 Å². The molecule has 3 N–H and O–H groups in total. The number of aromatic amines is 1. The molecule has 0 aliphatic rings. The Balaban J connectivity index is 1.80. The maximum absolute atomic E-state index is 12.4. The highest BCUT2D eigenvalue weighted by atomic mass is 35.5. The van der Waals surface area contributed by atoms with E-state index in [-0.39, 0.29) is 17.8 Å². The zero-order valence-corrected chi connectivity index (χ0v) is 13.7. The Hall–Kier alpha value is -2.43. The number of nitrogens with two attached hydrogens (primary N) is 1. The molecule has 0 aliphatic heterocycles. The van der Waals surface area contributed by atoms with E-state index in [1.807, 2.05) is 30.3 Å². The standard InChI is InChI=1S/C19H17ClN2O2/c20-16-11-15-13(6-7-22-19(15)24)9-14(16)10-18(23)17(21)8-12-4-2-1-3-5-12/h1-7,9,11,17H,8,10,21H2,(H,22,24)/t17-/m1/s1. The van der Waals surface area contributed by atoms with Gasteiger partial charge in [0.1, 0.15) is 0 Å². The van der Waals surface area contributed by atoms with Gasteiger partial charge in [-0.05, 0) is 41.1 Å². The molecule has 24 heavy (non-hydrogen) atoms. The number of fused-ring (bicyclic) bond motifs is 1. The first-order chi connectivity index (χ1) is 11.5. The highest BCUT2D eigenvalue weighted by Crippen LogP contribution is 2.23. The van der Waals surface area contributed by atoms with E-state index in [0.29, 0.717) is 22.4 Å². The Morgan fingerprint density at radius 3 is 2.67 bits per heavy atom. The molecule has 1 heterocycles. The summed E-state index contributed by atoms with van der Waals surface area (Å²) in [5.74, 6) is -0.0788. The third kappa shape index (κ3) is 3.55. The Morgan fingerprint density at radius 2 is 1.92 bits per heavy atom. The summed E-state index contributed by atoms with van der Waals surface area (Å²) in [6.07, 6.45) is 2.21. The number of pyridine rings is 1. The van der Waals surface area contributed by atoms with Crippen LogP contribution in [0, 0.1) is 0 Å². The number of hydrogen-bond donors (Lipinski definition) is 2. The van der Waals surface area contributed by atoms with E-state index in [1.165, 1.54) is 0 Å². The predicted molar refractivity (Wildman–Crippen MR) is 96.4 cm³/mol. The second-order valence-corrected chi connectivity index (χ2v) is 6.18. The number of rotatable bonds is 5. The van der Waals surface area contributed by atoms with E-state index in [0.717, 1.165) is 10.9 Å². The van der Waals surface area contributed by atoms with Crippen LogP contribution in [-0.4, -0.2) is 16.8 Å². The first-order valence-electron chi connectivity index (χ1n) is 7.66. The molecule has 3 rings (SSSR count). The fourth-order valence-electron chi connectivity index (χ4n) is 2.69.